The molecule has 0 bridgehead atoms. The first kappa shape index (κ1) is 16.6. The van der Waals surface area contributed by atoms with Gasteiger partial charge in [0.05, 0.1) is 12.9 Å². The van der Waals surface area contributed by atoms with E-state index >= 15 is 0 Å². The molecule has 128 valence electrons. The Labute approximate surface area is 130 Å². The maximum atomic E-state index is 11.6. The SMILES string of the molecule is CC1(C)O[C@@H]2O[C@H]([C@@H]3COC(C)(C)O3)[C@H](OS(C)(=O)=O)[C@H]2O1. The van der Waals surface area contributed by atoms with Crippen LogP contribution in [0.25, 0.3) is 0 Å². The van der Waals surface area contributed by atoms with Gasteiger partial charge in [-0.2, -0.15) is 8.42 Å². The molecule has 3 fully saturated rings. The molecule has 3 saturated heterocycles. The van der Waals surface area contributed by atoms with Gasteiger partial charge in [-0.25, -0.2) is 0 Å². The van der Waals surface area contributed by atoms with Crippen LogP contribution < -0.4 is 0 Å². The van der Waals surface area contributed by atoms with Crippen LogP contribution in [0, 0.1) is 0 Å². The molecular formula is C13H22O8S. The Morgan fingerprint density at radius 2 is 1.68 bits per heavy atom. The monoisotopic (exact) mass is 338 g/mol. The molecule has 3 aliphatic heterocycles. The fraction of sp³-hybridized carbons (Fsp3) is 1.00. The van der Waals surface area contributed by atoms with Gasteiger partial charge in [0.1, 0.15) is 24.4 Å². The highest BCUT2D eigenvalue weighted by molar-refractivity contribution is 7.86. The summed E-state index contributed by atoms with van der Waals surface area (Å²) in [4.78, 5) is 0. The highest BCUT2D eigenvalue weighted by atomic mass is 32.2. The first-order valence-electron chi connectivity index (χ1n) is 7.17. The van der Waals surface area contributed by atoms with Crippen LogP contribution >= 0.6 is 0 Å². The molecule has 0 radical (unpaired) electrons. The summed E-state index contributed by atoms with van der Waals surface area (Å²) in [5.41, 5.74) is 0. The third-order valence-corrected chi connectivity index (χ3v) is 4.28. The first-order chi connectivity index (χ1) is 9.96. The molecule has 0 aromatic carbocycles. The summed E-state index contributed by atoms with van der Waals surface area (Å²) >= 11 is 0. The maximum Gasteiger partial charge on any atom is 0.264 e. The molecule has 0 aromatic heterocycles. The fourth-order valence-corrected chi connectivity index (χ4v) is 3.61. The van der Waals surface area contributed by atoms with Gasteiger partial charge >= 0.3 is 0 Å². The third-order valence-electron chi connectivity index (χ3n) is 3.71. The van der Waals surface area contributed by atoms with Crippen molar-refractivity contribution in [2.75, 3.05) is 12.9 Å². The third kappa shape index (κ3) is 3.30. The van der Waals surface area contributed by atoms with Crippen molar-refractivity contribution < 1.29 is 36.3 Å². The summed E-state index contributed by atoms with van der Waals surface area (Å²) in [5, 5.41) is 0. The number of rotatable bonds is 3. The molecule has 3 heterocycles. The van der Waals surface area contributed by atoms with Gasteiger partial charge in [0.25, 0.3) is 10.1 Å². The lowest BCUT2D eigenvalue weighted by Gasteiger charge is -2.28. The molecule has 8 nitrogen and oxygen atoms in total. The van der Waals surface area contributed by atoms with E-state index in [-0.39, 0.29) is 6.61 Å². The highest BCUT2D eigenvalue weighted by Gasteiger charge is 2.59. The Morgan fingerprint density at radius 1 is 1.00 bits per heavy atom. The van der Waals surface area contributed by atoms with Crippen molar-refractivity contribution in [2.45, 2.75) is 70.0 Å². The number of fused-ring (bicyclic) bond motifs is 1. The summed E-state index contributed by atoms with van der Waals surface area (Å²) < 4.78 is 56.8. The van der Waals surface area contributed by atoms with Gasteiger partial charge < -0.3 is 23.7 Å². The Hall–Kier alpha value is -0.290. The molecule has 22 heavy (non-hydrogen) atoms. The average Bonchev–Trinajstić information content (AvgIpc) is 2.89. The summed E-state index contributed by atoms with van der Waals surface area (Å²) in [6.45, 7) is 7.32. The average molecular weight is 338 g/mol. The summed E-state index contributed by atoms with van der Waals surface area (Å²) in [5.74, 6) is -1.60. The van der Waals surface area contributed by atoms with Crippen molar-refractivity contribution in [1.82, 2.24) is 0 Å². The summed E-state index contributed by atoms with van der Waals surface area (Å²) in [6, 6.07) is 0. The van der Waals surface area contributed by atoms with Gasteiger partial charge in [-0.15, -0.1) is 0 Å². The zero-order valence-electron chi connectivity index (χ0n) is 13.3. The zero-order chi connectivity index (χ0) is 16.3. The fourth-order valence-electron chi connectivity index (χ4n) is 2.99. The molecule has 0 unspecified atom stereocenters. The van der Waals surface area contributed by atoms with E-state index in [1.54, 1.807) is 27.7 Å². The largest absolute Gasteiger partial charge is 0.348 e. The predicted molar refractivity (Wildman–Crippen MR) is 73.3 cm³/mol. The Balaban J connectivity index is 1.81. The molecule has 0 amide bonds. The molecule has 0 saturated carbocycles. The van der Waals surface area contributed by atoms with E-state index in [1.807, 2.05) is 0 Å². The highest BCUT2D eigenvalue weighted by Crippen LogP contribution is 2.42. The lowest BCUT2D eigenvalue weighted by atomic mass is 10.1. The van der Waals surface area contributed by atoms with Crippen LogP contribution in [0.4, 0.5) is 0 Å². The molecule has 0 spiro atoms. The van der Waals surface area contributed by atoms with Crippen molar-refractivity contribution in [3.63, 3.8) is 0 Å². The smallest absolute Gasteiger partial charge is 0.264 e. The topological polar surface area (TPSA) is 89.5 Å². The van der Waals surface area contributed by atoms with E-state index in [1.165, 1.54) is 0 Å². The minimum atomic E-state index is -3.69. The predicted octanol–water partition coefficient (Wildman–Crippen LogP) is 0.359. The number of hydrogen-bond donors (Lipinski definition) is 0. The van der Waals surface area contributed by atoms with Gasteiger partial charge in [0, 0.05) is 0 Å². The molecule has 0 aromatic rings. The van der Waals surface area contributed by atoms with Crippen LogP contribution in [0.3, 0.4) is 0 Å². The van der Waals surface area contributed by atoms with Crippen LogP contribution in [0.5, 0.6) is 0 Å². The second-order valence-corrected chi connectivity index (χ2v) is 8.30. The van der Waals surface area contributed by atoms with Crippen molar-refractivity contribution >= 4 is 10.1 Å². The molecule has 3 rings (SSSR count). The summed E-state index contributed by atoms with van der Waals surface area (Å²) in [7, 11) is -3.69. The van der Waals surface area contributed by atoms with Crippen LogP contribution in [-0.2, 0) is 38.0 Å². The number of ether oxygens (including phenoxy) is 5. The second kappa shape index (κ2) is 5.10. The van der Waals surface area contributed by atoms with E-state index in [0.29, 0.717) is 0 Å². The van der Waals surface area contributed by atoms with E-state index in [2.05, 4.69) is 0 Å². The maximum absolute atomic E-state index is 11.6. The molecule has 0 N–H and O–H groups in total. The standard InChI is InChI=1S/C13H22O8S/c1-12(2)16-6-7(18-12)8-9(21-22(5,14)15)10-11(17-8)20-13(3,4)19-10/h7-11H,6H2,1-5H3/t7-,8+,9-,10+,11-/m0/s1. The van der Waals surface area contributed by atoms with Crippen molar-refractivity contribution in [3.8, 4) is 0 Å². The Kier molecular flexibility index (Phi) is 3.84. The number of hydrogen-bond acceptors (Lipinski definition) is 8. The van der Waals surface area contributed by atoms with Gasteiger partial charge in [-0.3, -0.25) is 4.18 Å². The van der Waals surface area contributed by atoms with Crippen LogP contribution in [-0.4, -0.2) is 63.6 Å². The minimum absolute atomic E-state index is 0.282. The Bertz CT molecular complexity index is 542. The van der Waals surface area contributed by atoms with E-state index in [4.69, 9.17) is 27.9 Å². The zero-order valence-corrected chi connectivity index (χ0v) is 14.1. The summed E-state index contributed by atoms with van der Waals surface area (Å²) in [6.07, 6.45) is -2.29. The van der Waals surface area contributed by atoms with Crippen LogP contribution in [0.2, 0.25) is 0 Å². The van der Waals surface area contributed by atoms with Gasteiger partial charge in [-0.05, 0) is 27.7 Å². The molecular weight excluding hydrogens is 316 g/mol. The van der Waals surface area contributed by atoms with E-state index in [0.717, 1.165) is 6.26 Å². The normalized spacial score (nSPS) is 43.4. The Morgan fingerprint density at radius 3 is 2.23 bits per heavy atom. The lowest BCUT2D eigenvalue weighted by molar-refractivity contribution is -0.230. The van der Waals surface area contributed by atoms with Crippen molar-refractivity contribution in [2.24, 2.45) is 0 Å². The van der Waals surface area contributed by atoms with Crippen LogP contribution in [0.15, 0.2) is 0 Å². The molecule has 3 aliphatic rings. The van der Waals surface area contributed by atoms with Gasteiger partial charge in [0.2, 0.25) is 0 Å². The van der Waals surface area contributed by atoms with Crippen molar-refractivity contribution in [1.29, 1.82) is 0 Å². The quantitative estimate of drug-likeness (QED) is 0.682. The van der Waals surface area contributed by atoms with Crippen molar-refractivity contribution in [3.05, 3.63) is 0 Å². The van der Waals surface area contributed by atoms with Gasteiger partial charge in [-0.1, -0.05) is 0 Å². The van der Waals surface area contributed by atoms with E-state index in [9.17, 15) is 8.42 Å². The second-order valence-electron chi connectivity index (χ2n) is 6.70. The van der Waals surface area contributed by atoms with Crippen LogP contribution in [0.1, 0.15) is 27.7 Å². The molecule has 5 atom stereocenters. The molecule has 0 aliphatic carbocycles. The van der Waals surface area contributed by atoms with Gasteiger partial charge in [0.15, 0.2) is 17.9 Å². The lowest BCUT2D eigenvalue weighted by Crippen LogP contribution is -2.45. The van der Waals surface area contributed by atoms with E-state index < -0.39 is 52.4 Å². The first-order valence-corrected chi connectivity index (χ1v) is 8.99. The minimum Gasteiger partial charge on any atom is -0.348 e. The molecule has 9 heteroatoms.